The minimum absolute atomic E-state index is 0.0617. The molecule has 2 rings (SSSR count). The molecule has 0 radical (unpaired) electrons. The van der Waals surface area contributed by atoms with Crippen molar-refractivity contribution in [3.8, 4) is 0 Å². The highest BCUT2D eigenvalue weighted by atomic mass is 16.3. The van der Waals surface area contributed by atoms with Gasteiger partial charge < -0.3 is 9.73 Å². The SMILES string of the molecule is CC(NCc1cn(C)nc1C(C)(C)C)c1ccco1. The topological polar surface area (TPSA) is 43.0 Å². The zero-order valence-electron chi connectivity index (χ0n) is 12.4. The first-order valence-corrected chi connectivity index (χ1v) is 6.67. The Balaban J connectivity index is 2.08. The van der Waals surface area contributed by atoms with E-state index in [4.69, 9.17) is 4.42 Å². The number of aromatic nitrogens is 2. The van der Waals surface area contributed by atoms with E-state index in [1.54, 1.807) is 6.26 Å². The van der Waals surface area contributed by atoms with Crippen LogP contribution in [-0.4, -0.2) is 9.78 Å². The largest absolute Gasteiger partial charge is 0.468 e. The van der Waals surface area contributed by atoms with Crippen molar-refractivity contribution in [2.24, 2.45) is 7.05 Å². The maximum absolute atomic E-state index is 5.40. The van der Waals surface area contributed by atoms with Gasteiger partial charge in [-0.05, 0) is 19.1 Å². The number of hydrogen-bond donors (Lipinski definition) is 1. The van der Waals surface area contributed by atoms with E-state index in [1.807, 2.05) is 23.9 Å². The summed E-state index contributed by atoms with van der Waals surface area (Å²) in [6.07, 6.45) is 3.79. The van der Waals surface area contributed by atoms with Crippen molar-refractivity contribution in [2.45, 2.75) is 45.7 Å². The number of furan rings is 1. The smallest absolute Gasteiger partial charge is 0.120 e. The highest BCUT2D eigenvalue weighted by molar-refractivity contribution is 5.24. The first kappa shape index (κ1) is 13.9. The summed E-state index contributed by atoms with van der Waals surface area (Å²) in [6, 6.07) is 4.10. The third-order valence-corrected chi connectivity index (χ3v) is 3.18. The quantitative estimate of drug-likeness (QED) is 0.919. The fourth-order valence-electron chi connectivity index (χ4n) is 2.20. The minimum Gasteiger partial charge on any atom is -0.468 e. The van der Waals surface area contributed by atoms with Gasteiger partial charge >= 0.3 is 0 Å². The summed E-state index contributed by atoms with van der Waals surface area (Å²) in [5, 5.41) is 8.06. The van der Waals surface area contributed by atoms with Crippen LogP contribution in [-0.2, 0) is 19.0 Å². The molecule has 1 N–H and O–H groups in total. The fraction of sp³-hybridized carbons (Fsp3) is 0.533. The summed E-state index contributed by atoms with van der Waals surface area (Å²) in [5.74, 6) is 0.959. The Morgan fingerprint density at radius 1 is 1.42 bits per heavy atom. The average Bonchev–Trinajstić information content (AvgIpc) is 2.93. The molecular weight excluding hydrogens is 238 g/mol. The van der Waals surface area contributed by atoms with E-state index in [9.17, 15) is 0 Å². The summed E-state index contributed by atoms with van der Waals surface area (Å²) in [6.45, 7) is 9.46. The normalized spacial score (nSPS) is 13.7. The maximum Gasteiger partial charge on any atom is 0.120 e. The van der Waals surface area contributed by atoms with E-state index in [0.717, 1.165) is 18.0 Å². The lowest BCUT2D eigenvalue weighted by atomic mass is 9.89. The molecule has 0 aliphatic heterocycles. The van der Waals surface area contributed by atoms with Gasteiger partial charge in [-0.1, -0.05) is 20.8 Å². The van der Waals surface area contributed by atoms with Gasteiger partial charge in [0.05, 0.1) is 18.0 Å². The second kappa shape index (κ2) is 5.21. The molecule has 0 spiro atoms. The standard InChI is InChI=1S/C15H23N3O/c1-11(13-7-6-8-19-13)16-9-12-10-18(5)17-14(12)15(2,3)4/h6-8,10-11,16H,9H2,1-5H3. The fourth-order valence-corrected chi connectivity index (χ4v) is 2.20. The van der Waals surface area contributed by atoms with Gasteiger partial charge in [0.2, 0.25) is 0 Å². The van der Waals surface area contributed by atoms with Gasteiger partial charge in [0, 0.05) is 30.8 Å². The number of hydrogen-bond acceptors (Lipinski definition) is 3. The first-order chi connectivity index (χ1) is 8.88. The van der Waals surface area contributed by atoms with Crippen LogP contribution >= 0.6 is 0 Å². The van der Waals surface area contributed by atoms with Crippen LogP contribution in [0.1, 0.15) is 50.8 Å². The Kier molecular flexibility index (Phi) is 3.80. The Morgan fingerprint density at radius 2 is 2.16 bits per heavy atom. The molecule has 19 heavy (non-hydrogen) atoms. The average molecular weight is 261 g/mol. The minimum atomic E-state index is 0.0617. The van der Waals surface area contributed by atoms with Gasteiger partial charge in [0.15, 0.2) is 0 Å². The van der Waals surface area contributed by atoms with Crippen LogP contribution in [0.4, 0.5) is 0 Å². The molecule has 0 saturated carbocycles. The van der Waals surface area contributed by atoms with Crippen LogP contribution in [0.15, 0.2) is 29.0 Å². The molecule has 4 nitrogen and oxygen atoms in total. The van der Waals surface area contributed by atoms with Crippen molar-refractivity contribution in [3.05, 3.63) is 41.6 Å². The molecule has 4 heteroatoms. The summed E-state index contributed by atoms with van der Waals surface area (Å²) >= 11 is 0. The summed E-state index contributed by atoms with van der Waals surface area (Å²) in [4.78, 5) is 0. The Bertz CT molecular complexity index is 520. The van der Waals surface area contributed by atoms with Crippen LogP contribution < -0.4 is 5.32 Å². The lowest BCUT2D eigenvalue weighted by molar-refractivity contribution is 0.428. The molecule has 0 saturated heterocycles. The maximum atomic E-state index is 5.40. The van der Waals surface area contributed by atoms with E-state index in [1.165, 1.54) is 5.56 Å². The van der Waals surface area contributed by atoms with Crippen molar-refractivity contribution < 1.29 is 4.42 Å². The highest BCUT2D eigenvalue weighted by Gasteiger charge is 2.22. The zero-order chi connectivity index (χ0) is 14.0. The second-order valence-electron chi connectivity index (χ2n) is 6.04. The lowest BCUT2D eigenvalue weighted by Crippen LogP contribution is -2.21. The third kappa shape index (κ3) is 3.26. The van der Waals surface area contributed by atoms with Gasteiger partial charge in [-0.15, -0.1) is 0 Å². The predicted octanol–water partition coefficient (Wildman–Crippen LogP) is 3.16. The number of rotatable bonds is 4. The second-order valence-corrected chi connectivity index (χ2v) is 6.04. The Labute approximate surface area is 114 Å². The van der Waals surface area contributed by atoms with Gasteiger partial charge in [-0.25, -0.2) is 0 Å². The molecule has 0 amide bonds. The monoisotopic (exact) mass is 261 g/mol. The Hall–Kier alpha value is -1.55. The van der Waals surface area contributed by atoms with E-state index < -0.39 is 0 Å². The number of nitrogens with one attached hydrogen (secondary N) is 1. The molecule has 2 aromatic rings. The van der Waals surface area contributed by atoms with E-state index in [-0.39, 0.29) is 11.5 Å². The molecule has 0 aliphatic rings. The van der Waals surface area contributed by atoms with Crippen molar-refractivity contribution >= 4 is 0 Å². The lowest BCUT2D eigenvalue weighted by Gasteiger charge is -2.18. The van der Waals surface area contributed by atoms with Crippen LogP contribution in [0.5, 0.6) is 0 Å². The van der Waals surface area contributed by atoms with Crippen molar-refractivity contribution in [1.82, 2.24) is 15.1 Å². The van der Waals surface area contributed by atoms with Crippen LogP contribution in [0.2, 0.25) is 0 Å². The van der Waals surface area contributed by atoms with Crippen LogP contribution in [0.3, 0.4) is 0 Å². The molecule has 0 aliphatic carbocycles. The van der Waals surface area contributed by atoms with Crippen molar-refractivity contribution in [1.29, 1.82) is 0 Å². The molecule has 1 unspecified atom stereocenters. The molecule has 104 valence electrons. The molecule has 0 fully saturated rings. The van der Waals surface area contributed by atoms with E-state index in [2.05, 4.69) is 44.3 Å². The van der Waals surface area contributed by atoms with Gasteiger partial charge in [0.1, 0.15) is 5.76 Å². The molecular formula is C15H23N3O. The summed E-state index contributed by atoms with van der Waals surface area (Å²) < 4.78 is 7.29. The highest BCUT2D eigenvalue weighted by Crippen LogP contribution is 2.24. The van der Waals surface area contributed by atoms with Gasteiger partial charge in [0.25, 0.3) is 0 Å². The number of aryl methyl sites for hydroxylation is 1. The van der Waals surface area contributed by atoms with Gasteiger partial charge in [-0.2, -0.15) is 5.10 Å². The molecule has 0 aromatic carbocycles. The Morgan fingerprint density at radius 3 is 2.74 bits per heavy atom. The van der Waals surface area contributed by atoms with Crippen molar-refractivity contribution in [3.63, 3.8) is 0 Å². The zero-order valence-corrected chi connectivity index (χ0v) is 12.4. The molecule has 0 bridgehead atoms. The van der Waals surface area contributed by atoms with E-state index in [0.29, 0.717) is 0 Å². The summed E-state index contributed by atoms with van der Waals surface area (Å²) in [5.41, 5.74) is 2.45. The molecule has 1 atom stereocenters. The first-order valence-electron chi connectivity index (χ1n) is 6.67. The van der Waals surface area contributed by atoms with Gasteiger partial charge in [-0.3, -0.25) is 4.68 Å². The molecule has 2 heterocycles. The predicted molar refractivity (Wildman–Crippen MR) is 75.9 cm³/mol. The summed E-state index contributed by atoms with van der Waals surface area (Å²) in [7, 11) is 1.97. The van der Waals surface area contributed by atoms with Crippen molar-refractivity contribution in [2.75, 3.05) is 0 Å². The number of nitrogens with zero attached hydrogens (tertiary/aromatic N) is 2. The third-order valence-electron chi connectivity index (χ3n) is 3.18. The van der Waals surface area contributed by atoms with Crippen LogP contribution in [0.25, 0.3) is 0 Å². The van der Waals surface area contributed by atoms with E-state index >= 15 is 0 Å². The van der Waals surface area contributed by atoms with Crippen LogP contribution in [0, 0.1) is 0 Å². The molecule has 2 aromatic heterocycles.